The number of halogens is 1. The normalized spacial score (nSPS) is 18.5. The molecule has 6 rings (SSSR count). The fourth-order valence-electron chi connectivity index (χ4n) is 4.24. The highest BCUT2D eigenvalue weighted by molar-refractivity contribution is 6.28. The topological polar surface area (TPSA) is 96.2 Å². The van der Waals surface area contributed by atoms with Crippen LogP contribution < -0.4 is 14.5 Å². The molecule has 3 aromatic rings. The molecule has 1 aliphatic carbocycles. The van der Waals surface area contributed by atoms with E-state index in [1.165, 1.54) is 11.9 Å². The number of hydrogen-bond acceptors (Lipinski definition) is 7. The average Bonchev–Trinajstić information content (AvgIpc) is 3.51. The number of anilines is 2. The first-order valence-electron chi connectivity index (χ1n) is 10.5. The van der Waals surface area contributed by atoms with Crippen LogP contribution in [-0.2, 0) is 11.3 Å². The van der Waals surface area contributed by atoms with E-state index in [4.69, 9.17) is 21.3 Å². The summed E-state index contributed by atoms with van der Waals surface area (Å²) in [6, 6.07) is 1.67. The van der Waals surface area contributed by atoms with E-state index < -0.39 is 0 Å². The van der Waals surface area contributed by atoms with Gasteiger partial charge in [-0.15, -0.1) is 0 Å². The fraction of sp³-hybridized carbons (Fsp3) is 0.381. The van der Waals surface area contributed by atoms with Crippen molar-refractivity contribution in [2.75, 3.05) is 36.5 Å². The summed E-state index contributed by atoms with van der Waals surface area (Å²) in [6.45, 7) is 1.67. The van der Waals surface area contributed by atoms with Gasteiger partial charge in [-0.1, -0.05) is 0 Å². The summed E-state index contributed by atoms with van der Waals surface area (Å²) < 4.78 is 7.60. The zero-order chi connectivity index (χ0) is 22.0. The molecule has 0 N–H and O–H groups in total. The van der Waals surface area contributed by atoms with E-state index in [-0.39, 0.29) is 23.8 Å². The third-order valence-electron chi connectivity index (χ3n) is 6.11. The highest BCUT2D eigenvalue weighted by atomic mass is 35.5. The standard InChI is InChI=1S/C21H20ClN7O3/c1-26-17(30)11-29(21(26)31)15-6-13(12-2-3-12)8-28-10-14(24-18(15)28)9-27-4-5-32-16-7-23-20(22)25-19(16)27/h6-8,10,12H,2-5,9,11H2,1H3. The van der Waals surface area contributed by atoms with Crippen LogP contribution in [0.15, 0.2) is 24.7 Å². The van der Waals surface area contributed by atoms with Crippen molar-refractivity contribution < 1.29 is 14.3 Å². The molecule has 1 saturated heterocycles. The van der Waals surface area contributed by atoms with Crippen LogP contribution in [0.3, 0.4) is 0 Å². The number of fused-ring (bicyclic) bond motifs is 2. The summed E-state index contributed by atoms with van der Waals surface area (Å²) >= 11 is 6.00. The van der Waals surface area contributed by atoms with Gasteiger partial charge in [0, 0.05) is 19.4 Å². The molecule has 32 heavy (non-hydrogen) atoms. The highest BCUT2D eigenvalue weighted by Crippen LogP contribution is 2.42. The number of amides is 3. The number of urea groups is 1. The molecular weight excluding hydrogens is 434 g/mol. The molecule has 10 nitrogen and oxygen atoms in total. The average molecular weight is 454 g/mol. The van der Waals surface area contributed by atoms with Gasteiger partial charge in [0.15, 0.2) is 17.2 Å². The third-order valence-corrected chi connectivity index (χ3v) is 6.29. The number of aromatic nitrogens is 4. The van der Waals surface area contributed by atoms with Gasteiger partial charge in [-0.3, -0.25) is 14.6 Å². The predicted octanol–water partition coefficient (Wildman–Crippen LogP) is 2.45. The summed E-state index contributed by atoms with van der Waals surface area (Å²) in [6.07, 6.45) is 7.88. The van der Waals surface area contributed by atoms with Gasteiger partial charge in [-0.05, 0) is 42.0 Å². The first kappa shape index (κ1) is 19.3. The molecule has 2 fully saturated rings. The molecule has 2 aliphatic heterocycles. The monoisotopic (exact) mass is 453 g/mol. The SMILES string of the molecule is CN1C(=O)CN(c2cc(C3CC3)cn3cc(CN4CCOc5cnc(Cl)nc54)nc23)C1=O. The molecule has 164 valence electrons. The number of imidazole rings is 1. The Hall–Kier alpha value is -3.40. The van der Waals surface area contributed by atoms with Gasteiger partial charge in [0.05, 0.1) is 30.7 Å². The highest BCUT2D eigenvalue weighted by Gasteiger charge is 2.36. The zero-order valence-corrected chi connectivity index (χ0v) is 18.1. The summed E-state index contributed by atoms with van der Waals surface area (Å²) in [5.41, 5.74) is 3.28. The van der Waals surface area contributed by atoms with Crippen LogP contribution in [0.5, 0.6) is 5.75 Å². The summed E-state index contributed by atoms with van der Waals surface area (Å²) in [5.74, 6) is 1.48. The lowest BCUT2D eigenvalue weighted by atomic mass is 10.1. The van der Waals surface area contributed by atoms with E-state index in [1.54, 1.807) is 6.20 Å². The van der Waals surface area contributed by atoms with Crippen LogP contribution in [0.4, 0.5) is 16.3 Å². The van der Waals surface area contributed by atoms with E-state index in [9.17, 15) is 9.59 Å². The first-order chi connectivity index (χ1) is 15.5. The molecule has 3 aliphatic rings. The van der Waals surface area contributed by atoms with E-state index in [1.807, 2.05) is 21.6 Å². The Kier molecular flexibility index (Phi) is 4.26. The molecule has 11 heteroatoms. The van der Waals surface area contributed by atoms with Crippen molar-refractivity contribution in [2.24, 2.45) is 0 Å². The van der Waals surface area contributed by atoms with Crippen molar-refractivity contribution >= 4 is 40.7 Å². The number of likely N-dealkylation sites (N-methyl/N-ethyl adjacent to an activating group) is 1. The van der Waals surface area contributed by atoms with Gasteiger partial charge in [-0.25, -0.2) is 14.8 Å². The van der Waals surface area contributed by atoms with Crippen LogP contribution in [0.2, 0.25) is 5.28 Å². The van der Waals surface area contributed by atoms with Gasteiger partial charge in [-0.2, -0.15) is 4.98 Å². The largest absolute Gasteiger partial charge is 0.486 e. The maximum Gasteiger partial charge on any atom is 0.331 e. The Morgan fingerprint density at radius 3 is 2.81 bits per heavy atom. The Balaban J connectivity index is 1.40. The van der Waals surface area contributed by atoms with Crippen LogP contribution in [0.25, 0.3) is 5.65 Å². The molecule has 0 unspecified atom stereocenters. The predicted molar refractivity (Wildman–Crippen MR) is 116 cm³/mol. The second-order valence-corrected chi connectivity index (χ2v) is 8.65. The molecule has 0 atom stereocenters. The summed E-state index contributed by atoms with van der Waals surface area (Å²) in [4.78, 5) is 42.7. The van der Waals surface area contributed by atoms with Crippen molar-refractivity contribution in [1.29, 1.82) is 0 Å². The Labute approximate surface area is 188 Å². The van der Waals surface area contributed by atoms with Gasteiger partial charge in [0.25, 0.3) is 0 Å². The van der Waals surface area contributed by atoms with Crippen molar-refractivity contribution in [3.05, 3.63) is 41.2 Å². The van der Waals surface area contributed by atoms with E-state index in [0.717, 1.165) is 29.0 Å². The third kappa shape index (κ3) is 3.13. The molecule has 0 aromatic carbocycles. The molecule has 5 heterocycles. The number of carbonyl (C=O) groups is 2. The lowest BCUT2D eigenvalue weighted by Gasteiger charge is -2.29. The van der Waals surface area contributed by atoms with Crippen LogP contribution in [-0.4, -0.2) is 62.9 Å². The Morgan fingerprint density at radius 1 is 1.22 bits per heavy atom. The summed E-state index contributed by atoms with van der Waals surface area (Å²) in [7, 11) is 1.51. The van der Waals surface area contributed by atoms with Crippen molar-refractivity contribution in [3.8, 4) is 5.75 Å². The number of ether oxygens (including phenoxy) is 1. The Morgan fingerprint density at radius 2 is 2.06 bits per heavy atom. The van der Waals surface area contributed by atoms with Crippen LogP contribution >= 0.6 is 11.6 Å². The first-order valence-corrected chi connectivity index (χ1v) is 10.9. The minimum Gasteiger partial charge on any atom is -0.486 e. The smallest absolute Gasteiger partial charge is 0.331 e. The number of imide groups is 1. The number of nitrogens with zero attached hydrogens (tertiary/aromatic N) is 7. The van der Waals surface area contributed by atoms with Crippen molar-refractivity contribution in [2.45, 2.75) is 25.3 Å². The van der Waals surface area contributed by atoms with E-state index in [0.29, 0.717) is 48.5 Å². The number of pyridine rings is 1. The molecule has 0 spiro atoms. The van der Waals surface area contributed by atoms with Crippen LogP contribution in [0.1, 0.15) is 30.0 Å². The molecule has 0 radical (unpaired) electrons. The van der Waals surface area contributed by atoms with Gasteiger partial charge in [0.1, 0.15) is 13.2 Å². The fourth-order valence-corrected chi connectivity index (χ4v) is 4.37. The number of rotatable bonds is 4. The summed E-state index contributed by atoms with van der Waals surface area (Å²) in [5, 5.41) is 0.159. The van der Waals surface area contributed by atoms with Crippen LogP contribution in [0, 0.1) is 0 Å². The van der Waals surface area contributed by atoms with Gasteiger partial charge < -0.3 is 14.0 Å². The lowest BCUT2D eigenvalue weighted by Crippen LogP contribution is -2.33. The number of hydrogen-bond donors (Lipinski definition) is 0. The van der Waals surface area contributed by atoms with Crippen molar-refractivity contribution in [1.82, 2.24) is 24.3 Å². The maximum atomic E-state index is 12.7. The van der Waals surface area contributed by atoms with E-state index >= 15 is 0 Å². The van der Waals surface area contributed by atoms with Crippen molar-refractivity contribution in [3.63, 3.8) is 0 Å². The Bertz CT molecular complexity index is 1270. The zero-order valence-electron chi connectivity index (χ0n) is 17.4. The molecular formula is C21H20ClN7O3. The minimum absolute atomic E-state index is 0.0214. The maximum absolute atomic E-state index is 12.7. The molecule has 3 aromatic heterocycles. The number of carbonyl (C=O) groups excluding carboxylic acids is 2. The quantitative estimate of drug-likeness (QED) is 0.442. The second kappa shape index (κ2) is 7.06. The van der Waals surface area contributed by atoms with Gasteiger partial charge >= 0.3 is 6.03 Å². The lowest BCUT2D eigenvalue weighted by molar-refractivity contribution is -0.123. The second-order valence-electron chi connectivity index (χ2n) is 8.31. The van der Waals surface area contributed by atoms with Gasteiger partial charge in [0.2, 0.25) is 11.2 Å². The molecule has 3 amide bonds. The minimum atomic E-state index is -0.331. The molecule has 0 bridgehead atoms. The van der Waals surface area contributed by atoms with E-state index in [2.05, 4.69) is 16.2 Å². The molecule has 1 saturated carbocycles.